The lowest BCUT2D eigenvalue weighted by atomic mass is 10.0. The topological polar surface area (TPSA) is 29.3 Å². The highest BCUT2D eigenvalue weighted by Crippen LogP contribution is 2.32. The third-order valence-corrected chi connectivity index (χ3v) is 3.62. The lowest BCUT2D eigenvalue weighted by Gasteiger charge is -2.33. The first kappa shape index (κ1) is 14.8. The molecule has 0 aromatic carbocycles. The SMILES string of the molecule is CCCC1CCN(C(C(N)CC)C(F)(F)F)C1. The zero-order valence-electron chi connectivity index (χ0n) is 10.6. The van der Waals surface area contributed by atoms with Gasteiger partial charge >= 0.3 is 6.18 Å². The van der Waals surface area contributed by atoms with Crippen molar-refractivity contribution in [3.05, 3.63) is 0 Å². The molecule has 0 saturated carbocycles. The van der Waals surface area contributed by atoms with Gasteiger partial charge in [-0.05, 0) is 31.7 Å². The third kappa shape index (κ3) is 3.85. The maximum atomic E-state index is 13.0. The second-order valence-corrected chi connectivity index (χ2v) is 5.00. The molecule has 0 amide bonds. The lowest BCUT2D eigenvalue weighted by Crippen LogP contribution is -2.55. The van der Waals surface area contributed by atoms with Gasteiger partial charge in [-0.3, -0.25) is 4.90 Å². The van der Waals surface area contributed by atoms with Gasteiger partial charge in [-0.25, -0.2) is 0 Å². The van der Waals surface area contributed by atoms with Crippen LogP contribution in [0.2, 0.25) is 0 Å². The highest BCUT2D eigenvalue weighted by atomic mass is 19.4. The predicted octanol–water partition coefficient (Wildman–Crippen LogP) is 2.78. The van der Waals surface area contributed by atoms with E-state index in [9.17, 15) is 13.2 Å². The van der Waals surface area contributed by atoms with Crippen molar-refractivity contribution in [3.8, 4) is 0 Å². The summed E-state index contributed by atoms with van der Waals surface area (Å²) >= 11 is 0. The molecule has 0 bridgehead atoms. The van der Waals surface area contributed by atoms with Crippen LogP contribution in [0, 0.1) is 5.92 Å². The Bertz CT molecular complexity index is 230. The number of hydrogen-bond donors (Lipinski definition) is 1. The van der Waals surface area contributed by atoms with Crippen molar-refractivity contribution in [3.63, 3.8) is 0 Å². The molecule has 1 saturated heterocycles. The summed E-state index contributed by atoms with van der Waals surface area (Å²) in [5.74, 6) is 0.411. The number of rotatable bonds is 5. The van der Waals surface area contributed by atoms with Gasteiger partial charge in [-0.1, -0.05) is 20.3 Å². The number of nitrogens with two attached hydrogens (primary N) is 1. The van der Waals surface area contributed by atoms with Crippen LogP contribution >= 0.6 is 0 Å². The fraction of sp³-hybridized carbons (Fsp3) is 1.00. The van der Waals surface area contributed by atoms with Crippen molar-refractivity contribution in [2.45, 2.75) is 57.8 Å². The Hall–Kier alpha value is -0.290. The van der Waals surface area contributed by atoms with Gasteiger partial charge in [0.05, 0.1) is 0 Å². The molecule has 1 rings (SSSR count). The van der Waals surface area contributed by atoms with E-state index in [0.717, 1.165) is 19.3 Å². The standard InChI is InChI=1S/C12H23F3N2/c1-3-5-9-6-7-17(8-9)11(10(16)4-2)12(13,14)15/h9-11H,3-8,16H2,1-2H3. The minimum absolute atomic E-state index is 0.360. The van der Waals surface area contributed by atoms with Crippen LogP contribution in [0.15, 0.2) is 0 Å². The summed E-state index contributed by atoms with van der Waals surface area (Å²) in [5, 5.41) is 0. The summed E-state index contributed by atoms with van der Waals surface area (Å²) in [5.41, 5.74) is 5.64. The predicted molar refractivity (Wildman–Crippen MR) is 62.7 cm³/mol. The summed E-state index contributed by atoms with van der Waals surface area (Å²) in [6, 6.07) is -2.27. The van der Waals surface area contributed by atoms with Gasteiger partial charge in [0.1, 0.15) is 6.04 Å². The van der Waals surface area contributed by atoms with Crippen LogP contribution in [0.3, 0.4) is 0 Å². The molecule has 1 fully saturated rings. The molecule has 2 nitrogen and oxygen atoms in total. The van der Waals surface area contributed by atoms with Gasteiger partial charge in [0.15, 0.2) is 0 Å². The first-order chi connectivity index (χ1) is 7.90. The van der Waals surface area contributed by atoms with Crippen molar-refractivity contribution in [2.75, 3.05) is 13.1 Å². The Labute approximate surface area is 101 Å². The maximum Gasteiger partial charge on any atom is 0.405 e. The van der Waals surface area contributed by atoms with E-state index in [1.54, 1.807) is 6.92 Å². The summed E-state index contributed by atoms with van der Waals surface area (Å²) in [4.78, 5) is 1.54. The van der Waals surface area contributed by atoms with Crippen LogP contribution in [-0.4, -0.2) is 36.2 Å². The Morgan fingerprint density at radius 3 is 2.47 bits per heavy atom. The number of nitrogens with zero attached hydrogens (tertiary/aromatic N) is 1. The first-order valence-electron chi connectivity index (χ1n) is 6.46. The molecule has 1 heterocycles. The molecule has 0 spiro atoms. The number of hydrogen-bond acceptors (Lipinski definition) is 2. The van der Waals surface area contributed by atoms with Gasteiger partial charge in [-0.2, -0.15) is 13.2 Å². The molecular formula is C12H23F3N2. The van der Waals surface area contributed by atoms with Crippen LogP contribution in [-0.2, 0) is 0 Å². The van der Waals surface area contributed by atoms with Gasteiger partial charge < -0.3 is 5.73 Å². The van der Waals surface area contributed by atoms with Gasteiger partial charge in [-0.15, -0.1) is 0 Å². The molecule has 3 atom stereocenters. The number of likely N-dealkylation sites (tertiary alicyclic amines) is 1. The lowest BCUT2D eigenvalue weighted by molar-refractivity contribution is -0.187. The Morgan fingerprint density at radius 2 is 2.00 bits per heavy atom. The average Bonchev–Trinajstić information content (AvgIpc) is 2.64. The molecule has 2 N–H and O–H groups in total. The summed E-state index contributed by atoms with van der Waals surface area (Å²) < 4.78 is 39.0. The number of halogens is 3. The average molecular weight is 252 g/mol. The second kappa shape index (κ2) is 6.05. The molecular weight excluding hydrogens is 229 g/mol. The minimum Gasteiger partial charge on any atom is -0.326 e. The quantitative estimate of drug-likeness (QED) is 0.815. The third-order valence-electron chi connectivity index (χ3n) is 3.62. The van der Waals surface area contributed by atoms with E-state index in [0.29, 0.717) is 25.4 Å². The van der Waals surface area contributed by atoms with Crippen molar-refractivity contribution in [1.82, 2.24) is 4.90 Å². The smallest absolute Gasteiger partial charge is 0.326 e. The molecule has 0 radical (unpaired) electrons. The fourth-order valence-electron chi connectivity index (χ4n) is 2.70. The summed E-state index contributed by atoms with van der Waals surface area (Å²) in [7, 11) is 0. The van der Waals surface area contributed by atoms with E-state index < -0.39 is 18.3 Å². The molecule has 1 aliphatic heterocycles. The van der Waals surface area contributed by atoms with Crippen LogP contribution in [0.5, 0.6) is 0 Å². The second-order valence-electron chi connectivity index (χ2n) is 5.00. The Kier molecular flexibility index (Phi) is 5.25. The van der Waals surface area contributed by atoms with Gasteiger partial charge in [0.25, 0.3) is 0 Å². The highest BCUT2D eigenvalue weighted by Gasteiger charge is 2.48. The molecule has 0 aromatic rings. The maximum absolute atomic E-state index is 13.0. The largest absolute Gasteiger partial charge is 0.405 e. The Morgan fingerprint density at radius 1 is 1.35 bits per heavy atom. The summed E-state index contributed by atoms with van der Waals surface area (Å²) in [6.07, 6.45) is -0.927. The van der Waals surface area contributed by atoms with E-state index in [-0.39, 0.29) is 0 Å². The monoisotopic (exact) mass is 252 g/mol. The van der Waals surface area contributed by atoms with E-state index in [1.165, 1.54) is 4.90 Å². The van der Waals surface area contributed by atoms with Crippen molar-refractivity contribution in [2.24, 2.45) is 11.7 Å². The van der Waals surface area contributed by atoms with E-state index in [2.05, 4.69) is 6.92 Å². The van der Waals surface area contributed by atoms with Crippen molar-refractivity contribution >= 4 is 0 Å². The zero-order valence-corrected chi connectivity index (χ0v) is 10.6. The normalized spacial score (nSPS) is 26.1. The van der Waals surface area contributed by atoms with Gasteiger partial charge in [0, 0.05) is 12.6 Å². The first-order valence-corrected chi connectivity index (χ1v) is 6.46. The molecule has 0 aromatic heterocycles. The van der Waals surface area contributed by atoms with E-state index >= 15 is 0 Å². The minimum atomic E-state index is -4.21. The summed E-state index contributed by atoms with van der Waals surface area (Å²) in [6.45, 7) is 4.86. The molecule has 1 aliphatic rings. The Balaban J connectivity index is 2.66. The van der Waals surface area contributed by atoms with E-state index in [1.807, 2.05) is 0 Å². The van der Waals surface area contributed by atoms with Crippen molar-refractivity contribution < 1.29 is 13.2 Å². The zero-order chi connectivity index (χ0) is 13.1. The van der Waals surface area contributed by atoms with Gasteiger partial charge in [0.2, 0.25) is 0 Å². The number of alkyl halides is 3. The molecule has 0 aliphatic carbocycles. The van der Waals surface area contributed by atoms with Crippen molar-refractivity contribution in [1.29, 1.82) is 0 Å². The molecule has 3 unspecified atom stereocenters. The molecule has 5 heteroatoms. The fourth-order valence-corrected chi connectivity index (χ4v) is 2.70. The highest BCUT2D eigenvalue weighted by molar-refractivity contribution is 4.91. The van der Waals surface area contributed by atoms with Crippen LogP contribution in [0.1, 0.15) is 39.5 Å². The van der Waals surface area contributed by atoms with Crippen LogP contribution < -0.4 is 5.73 Å². The van der Waals surface area contributed by atoms with Crippen LogP contribution in [0.25, 0.3) is 0 Å². The molecule has 102 valence electrons. The van der Waals surface area contributed by atoms with Crippen LogP contribution in [0.4, 0.5) is 13.2 Å². The van der Waals surface area contributed by atoms with E-state index in [4.69, 9.17) is 5.73 Å². The molecule has 17 heavy (non-hydrogen) atoms.